The van der Waals surface area contributed by atoms with Gasteiger partial charge >= 0.3 is 5.97 Å². The Kier molecular flexibility index (Phi) is 3.44. The summed E-state index contributed by atoms with van der Waals surface area (Å²) in [6, 6.07) is 6.49. The van der Waals surface area contributed by atoms with E-state index in [-0.39, 0.29) is 12.6 Å². The lowest BCUT2D eigenvalue weighted by Crippen LogP contribution is -2.07. The van der Waals surface area contributed by atoms with Crippen LogP contribution in [0.2, 0.25) is 0 Å². The van der Waals surface area contributed by atoms with Gasteiger partial charge in [0.05, 0.1) is 11.3 Å². The first-order chi connectivity index (χ1) is 11.5. The molecule has 0 atom stereocenters. The smallest absolute Gasteiger partial charge is 0.340 e. The molecule has 4 rings (SSSR count). The van der Waals surface area contributed by atoms with Crippen molar-refractivity contribution in [3.8, 4) is 0 Å². The molecule has 0 amide bonds. The number of nitrogens with zero attached hydrogens (tertiary/aromatic N) is 3. The highest BCUT2D eigenvalue weighted by molar-refractivity contribution is 5.91. The number of carbonyl (C=O) groups excluding carboxylic acids is 1. The van der Waals surface area contributed by atoms with Gasteiger partial charge in [0.25, 0.3) is 0 Å². The van der Waals surface area contributed by atoms with Crippen LogP contribution in [-0.4, -0.2) is 19.9 Å². The summed E-state index contributed by atoms with van der Waals surface area (Å²) < 4.78 is 9.72. The summed E-state index contributed by atoms with van der Waals surface area (Å²) in [5.41, 5.74) is 5.56. The van der Waals surface area contributed by atoms with E-state index in [1.165, 1.54) is 12.8 Å². The molecule has 24 heavy (non-hydrogen) atoms. The van der Waals surface area contributed by atoms with Crippen molar-refractivity contribution in [2.45, 2.75) is 46.3 Å². The Labute approximate surface area is 140 Å². The minimum atomic E-state index is -0.274. The molecule has 3 aromatic rings. The zero-order chi connectivity index (χ0) is 16.8. The fourth-order valence-corrected chi connectivity index (χ4v) is 3.37. The molecule has 3 heterocycles. The lowest BCUT2D eigenvalue weighted by molar-refractivity contribution is 0.0467. The Bertz CT molecular complexity index is 932. The van der Waals surface area contributed by atoms with Crippen LogP contribution in [0, 0.1) is 20.8 Å². The molecule has 0 spiro atoms. The molecule has 0 saturated heterocycles. The summed E-state index contributed by atoms with van der Waals surface area (Å²) in [5.74, 6) is -0.274. The topological polar surface area (TPSA) is 48.5 Å². The molecule has 0 aliphatic heterocycles. The third kappa shape index (κ3) is 2.50. The Morgan fingerprint density at radius 2 is 2.12 bits per heavy atom. The first kappa shape index (κ1) is 15.0. The number of rotatable bonds is 4. The number of hydrogen-bond acceptors (Lipinski definition) is 3. The summed E-state index contributed by atoms with van der Waals surface area (Å²) in [6.07, 6.45) is 6.25. The quantitative estimate of drug-likeness (QED) is 0.687. The lowest BCUT2D eigenvalue weighted by Gasteiger charge is -2.07. The van der Waals surface area contributed by atoms with E-state index in [9.17, 15) is 4.79 Å². The molecule has 0 aromatic carbocycles. The Hall–Kier alpha value is -2.56. The maximum absolute atomic E-state index is 12.5. The van der Waals surface area contributed by atoms with Crippen LogP contribution < -0.4 is 0 Å². The SMILES string of the molecule is Cc1cccn2cc(COC(=O)c3cc(C)n(C4CC4)c3C)nc12. The van der Waals surface area contributed by atoms with Crippen molar-refractivity contribution in [2.75, 3.05) is 0 Å². The van der Waals surface area contributed by atoms with Crippen LogP contribution in [0.4, 0.5) is 0 Å². The summed E-state index contributed by atoms with van der Waals surface area (Å²) >= 11 is 0. The molecule has 5 nitrogen and oxygen atoms in total. The van der Waals surface area contributed by atoms with E-state index in [2.05, 4.69) is 9.55 Å². The number of ether oxygens (including phenoxy) is 1. The Morgan fingerprint density at radius 3 is 2.83 bits per heavy atom. The number of esters is 1. The van der Waals surface area contributed by atoms with Gasteiger partial charge in [-0.2, -0.15) is 0 Å². The molecule has 1 aliphatic carbocycles. The summed E-state index contributed by atoms with van der Waals surface area (Å²) in [6.45, 7) is 6.25. The van der Waals surface area contributed by atoms with Gasteiger partial charge in [-0.1, -0.05) is 6.07 Å². The van der Waals surface area contributed by atoms with Crippen LogP contribution in [-0.2, 0) is 11.3 Å². The second kappa shape index (κ2) is 5.51. The molecule has 1 fully saturated rings. The van der Waals surface area contributed by atoms with Crippen molar-refractivity contribution >= 4 is 11.6 Å². The summed E-state index contributed by atoms with van der Waals surface area (Å²) in [7, 11) is 0. The highest BCUT2D eigenvalue weighted by Crippen LogP contribution is 2.38. The Balaban J connectivity index is 1.52. The van der Waals surface area contributed by atoms with Crippen LogP contribution in [0.25, 0.3) is 5.65 Å². The standard InChI is InChI=1S/C19H21N3O2/c1-12-5-4-8-21-10-15(20-18(12)21)11-24-19(23)17-9-13(2)22(14(17)3)16-6-7-16/h4-5,8-10,16H,6-7,11H2,1-3H3. The number of pyridine rings is 1. The summed E-state index contributed by atoms with van der Waals surface area (Å²) in [5, 5.41) is 0. The van der Waals surface area contributed by atoms with Crippen LogP contribution in [0.1, 0.15) is 51.9 Å². The van der Waals surface area contributed by atoms with E-state index in [0.29, 0.717) is 11.6 Å². The molecule has 3 aromatic heterocycles. The molecular weight excluding hydrogens is 302 g/mol. The zero-order valence-electron chi connectivity index (χ0n) is 14.2. The number of imidazole rings is 1. The molecule has 124 valence electrons. The van der Waals surface area contributed by atoms with Crippen molar-refractivity contribution < 1.29 is 9.53 Å². The minimum Gasteiger partial charge on any atom is -0.455 e. The highest BCUT2D eigenvalue weighted by Gasteiger charge is 2.28. The van der Waals surface area contributed by atoms with Crippen molar-refractivity contribution in [3.05, 3.63) is 58.8 Å². The normalized spacial score (nSPS) is 14.3. The minimum absolute atomic E-state index is 0.188. The van der Waals surface area contributed by atoms with Gasteiger partial charge in [0.2, 0.25) is 0 Å². The fourth-order valence-electron chi connectivity index (χ4n) is 3.37. The van der Waals surface area contributed by atoms with Crippen molar-refractivity contribution in [1.82, 2.24) is 14.0 Å². The maximum Gasteiger partial charge on any atom is 0.340 e. The molecule has 1 saturated carbocycles. The average molecular weight is 323 g/mol. The Morgan fingerprint density at radius 1 is 1.33 bits per heavy atom. The summed E-state index contributed by atoms with van der Waals surface area (Å²) in [4.78, 5) is 17.0. The first-order valence-electron chi connectivity index (χ1n) is 8.33. The van der Waals surface area contributed by atoms with Crippen LogP contribution in [0.3, 0.4) is 0 Å². The molecular formula is C19H21N3O2. The predicted molar refractivity (Wildman–Crippen MR) is 91.2 cm³/mol. The number of fused-ring (bicyclic) bond motifs is 1. The van der Waals surface area contributed by atoms with Gasteiger partial charge in [-0.15, -0.1) is 0 Å². The van der Waals surface area contributed by atoms with E-state index in [1.54, 1.807) is 0 Å². The van der Waals surface area contributed by atoms with Gasteiger partial charge in [-0.3, -0.25) is 0 Å². The molecule has 0 bridgehead atoms. The van der Waals surface area contributed by atoms with Crippen molar-refractivity contribution in [3.63, 3.8) is 0 Å². The van der Waals surface area contributed by atoms with E-state index in [0.717, 1.165) is 28.3 Å². The average Bonchev–Trinajstić information content (AvgIpc) is 3.21. The van der Waals surface area contributed by atoms with E-state index < -0.39 is 0 Å². The molecule has 0 N–H and O–H groups in total. The van der Waals surface area contributed by atoms with Crippen LogP contribution >= 0.6 is 0 Å². The number of carbonyl (C=O) groups is 1. The third-order valence-electron chi connectivity index (χ3n) is 4.70. The largest absolute Gasteiger partial charge is 0.455 e. The molecule has 0 radical (unpaired) electrons. The van der Waals surface area contributed by atoms with Gasteiger partial charge in [-0.25, -0.2) is 9.78 Å². The van der Waals surface area contributed by atoms with E-state index in [1.807, 2.05) is 55.8 Å². The zero-order valence-corrected chi connectivity index (χ0v) is 14.2. The first-order valence-corrected chi connectivity index (χ1v) is 8.33. The van der Waals surface area contributed by atoms with Gasteiger partial charge in [0.15, 0.2) is 0 Å². The van der Waals surface area contributed by atoms with Crippen LogP contribution in [0.15, 0.2) is 30.6 Å². The predicted octanol–water partition coefficient (Wildman–Crippen LogP) is 3.75. The van der Waals surface area contributed by atoms with Gasteiger partial charge in [0, 0.05) is 29.8 Å². The number of aromatic nitrogens is 3. The lowest BCUT2D eigenvalue weighted by atomic mass is 10.2. The maximum atomic E-state index is 12.5. The fraction of sp³-hybridized carbons (Fsp3) is 0.368. The molecule has 5 heteroatoms. The van der Waals surface area contributed by atoms with E-state index >= 15 is 0 Å². The number of aryl methyl sites for hydroxylation is 2. The highest BCUT2D eigenvalue weighted by atomic mass is 16.5. The monoisotopic (exact) mass is 323 g/mol. The van der Waals surface area contributed by atoms with Gasteiger partial charge < -0.3 is 13.7 Å². The number of hydrogen-bond donors (Lipinski definition) is 0. The second-order valence-electron chi connectivity index (χ2n) is 6.62. The van der Waals surface area contributed by atoms with E-state index in [4.69, 9.17) is 4.74 Å². The van der Waals surface area contributed by atoms with Gasteiger partial charge in [0.1, 0.15) is 12.3 Å². The van der Waals surface area contributed by atoms with Crippen molar-refractivity contribution in [2.24, 2.45) is 0 Å². The third-order valence-corrected chi connectivity index (χ3v) is 4.70. The van der Waals surface area contributed by atoms with Gasteiger partial charge in [-0.05, 0) is 51.3 Å². The van der Waals surface area contributed by atoms with Crippen LogP contribution in [0.5, 0.6) is 0 Å². The molecule has 1 aliphatic rings. The molecule has 0 unspecified atom stereocenters. The second-order valence-corrected chi connectivity index (χ2v) is 6.62. The van der Waals surface area contributed by atoms with Crippen molar-refractivity contribution in [1.29, 1.82) is 0 Å².